The van der Waals surface area contributed by atoms with Crippen LogP contribution in [0.4, 0.5) is 0 Å². The maximum absolute atomic E-state index is 6.28. The molecule has 1 aromatic heterocycles. The van der Waals surface area contributed by atoms with Crippen LogP contribution < -0.4 is 0 Å². The van der Waals surface area contributed by atoms with Gasteiger partial charge < -0.3 is 0 Å². The molecule has 1 aromatic rings. The van der Waals surface area contributed by atoms with Gasteiger partial charge in [-0.1, -0.05) is 31.9 Å². The minimum absolute atomic E-state index is 0.167. The number of nitrogens with zero attached hydrogens (tertiary/aromatic N) is 1. The largest absolute Gasteiger partial charge is 0.263 e. The summed E-state index contributed by atoms with van der Waals surface area (Å²) in [5, 5.41) is 0.882. The van der Waals surface area contributed by atoms with E-state index in [4.69, 9.17) is 23.2 Å². The van der Waals surface area contributed by atoms with Crippen LogP contribution in [0.1, 0.15) is 32.3 Å². The molecule has 0 aliphatic carbocycles. The molecule has 0 fully saturated rings. The van der Waals surface area contributed by atoms with E-state index in [0.29, 0.717) is 10.9 Å². The molecule has 1 heterocycles. The number of hydrogen-bond acceptors (Lipinski definition) is 1. The Balaban J connectivity index is 2.51. The summed E-state index contributed by atoms with van der Waals surface area (Å²) in [5.41, 5.74) is 1.09. The summed E-state index contributed by atoms with van der Waals surface area (Å²) in [6, 6.07) is 1.94. The first-order chi connectivity index (χ1) is 7.13. The third-order valence-electron chi connectivity index (χ3n) is 2.65. The van der Waals surface area contributed by atoms with E-state index in [1.165, 1.54) is 6.42 Å². The standard InChI is InChI=1S/C12H17Cl2N/c1-3-9(2)6-11(13)7-10-4-5-15-8-12(10)14/h4-5,8-9,11H,3,6-7H2,1-2H3. The zero-order valence-corrected chi connectivity index (χ0v) is 10.7. The predicted molar refractivity (Wildman–Crippen MR) is 66.7 cm³/mol. The molecule has 0 radical (unpaired) electrons. The van der Waals surface area contributed by atoms with Crippen LogP contribution in [0.3, 0.4) is 0 Å². The van der Waals surface area contributed by atoms with Crippen molar-refractivity contribution >= 4 is 23.2 Å². The van der Waals surface area contributed by atoms with Crippen LogP contribution in [0.2, 0.25) is 5.02 Å². The average Bonchev–Trinajstić information content (AvgIpc) is 2.21. The molecule has 84 valence electrons. The summed E-state index contributed by atoms with van der Waals surface area (Å²) in [5.74, 6) is 0.674. The van der Waals surface area contributed by atoms with E-state index in [-0.39, 0.29) is 5.38 Å². The Labute approximate surface area is 102 Å². The van der Waals surface area contributed by atoms with Gasteiger partial charge in [0.1, 0.15) is 0 Å². The second kappa shape index (κ2) is 6.34. The van der Waals surface area contributed by atoms with Crippen LogP contribution >= 0.6 is 23.2 Å². The molecule has 0 bridgehead atoms. The fourth-order valence-electron chi connectivity index (χ4n) is 1.49. The number of hydrogen-bond donors (Lipinski definition) is 0. The Kier molecular flexibility index (Phi) is 5.41. The van der Waals surface area contributed by atoms with E-state index in [2.05, 4.69) is 18.8 Å². The van der Waals surface area contributed by atoms with Crippen molar-refractivity contribution in [2.75, 3.05) is 0 Å². The van der Waals surface area contributed by atoms with Crippen molar-refractivity contribution in [1.82, 2.24) is 4.98 Å². The SMILES string of the molecule is CCC(C)CC(Cl)Cc1ccncc1Cl. The van der Waals surface area contributed by atoms with Crippen molar-refractivity contribution in [2.24, 2.45) is 5.92 Å². The van der Waals surface area contributed by atoms with Gasteiger partial charge >= 0.3 is 0 Å². The third kappa shape index (κ3) is 4.40. The van der Waals surface area contributed by atoms with Gasteiger partial charge in [0.15, 0.2) is 0 Å². The molecular weight excluding hydrogens is 229 g/mol. The molecule has 0 spiro atoms. The highest BCUT2D eigenvalue weighted by Gasteiger charge is 2.11. The predicted octanol–water partition coefficient (Wildman–Crippen LogP) is 4.32. The van der Waals surface area contributed by atoms with Gasteiger partial charge in [0.05, 0.1) is 5.02 Å². The summed E-state index contributed by atoms with van der Waals surface area (Å²) < 4.78 is 0. The summed E-state index contributed by atoms with van der Waals surface area (Å²) in [4.78, 5) is 3.95. The lowest BCUT2D eigenvalue weighted by Crippen LogP contribution is -2.09. The molecule has 0 aliphatic heterocycles. The first kappa shape index (κ1) is 12.8. The molecule has 0 aliphatic rings. The Bertz CT molecular complexity index is 301. The van der Waals surface area contributed by atoms with Crippen LogP contribution in [0.25, 0.3) is 0 Å². The Morgan fingerprint density at radius 2 is 2.20 bits per heavy atom. The van der Waals surface area contributed by atoms with Gasteiger partial charge in [-0.25, -0.2) is 0 Å². The zero-order valence-electron chi connectivity index (χ0n) is 9.21. The fraction of sp³-hybridized carbons (Fsp3) is 0.583. The first-order valence-electron chi connectivity index (χ1n) is 5.36. The maximum atomic E-state index is 6.28. The number of rotatable bonds is 5. The van der Waals surface area contributed by atoms with E-state index < -0.39 is 0 Å². The van der Waals surface area contributed by atoms with Crippen molar-refractivity contribution in [3.05, 3.63) is 29.0 Å². The molecule has 0 saturated heterocycles. The summed E-state index contributed by atoms with van der Waals surface area (Å²) in [6.07, 6.45) is 6.47. The first-order valence-corrected chi connectivity index (χ1v) is 6.17. The van der Waals surface area contributed by atoms with E-state index in [0.717, 1.165) is 18.4 Å². The highest BCUT2D eigenvalue weighted by molar-refractivity contribution is 6.31. The Morgan fingerprint density at radius 1 is 1.47 bits per heavy atom. The normalized spacial score (nSPS) is 14.9. The third-order valence-corrected chi connectivity index (χ3v) is 3.33. The van der Waals surface area contributed by atoms with Gasteiger partial charge in [-0.15, -0.1) is 11.6 Å². The highest BCUT2D eigenvalue weighted by Crippen LogP contribution is 2.22. The molecule has 1 nitrogen and oxygen atoms in total. The lowest BCUT2D eigenvalue weighted by atomic mass is 9.99. The second-order valence-electron chi connectivity index (χ2n) is 4.02. The molecule has 0 N–H and O–H groups in total. The van der Waals surface area contributed by atoms with Crippen molar-refractivity contribution in [1.29, 1.82) is 0 Å². The van der Waals surface area contributed by atoms with Crippen molar-refractivity contribution in [3.63, 3.8) is 0 Å². The Hall–Kier alpha value is -0.270. The monoisotopic (exact) mass is 245 g/mol. The molecule has 0 amide bonds. The summed E-state index contributed by atoms with van der Waals surface area (Å²) in [6.45, 7) is 4.41. The van der Waals surface area contributed by atoms with Crippen LogP contribution in [-0.4, -0.2) is 10.4 Å². The van der Waals surface area contributed by atoms with Crippen molar-refractivity contribution in [2.45, 2.75) is 38.5 Å². The van der Waals surface area contributed by atoms with Gasteiger partial charge in [-0.05, 0) is 30.4 Å². The zero-order chi connectivity index (χ0) is 11.3. The van der Waals surface area contributed by atoms with Gasteiger partial charge in [0.25, 0.3) is 0 Å². The highest BCUT2D eigenvalue weighted by atomic mass is 35.5. The van der Waals surface area contributed by atoms with Gasteiger partial charge in [-0.2, -0.15) is 0 Å². The molecule has 1 rings (SSSR count). The van der Waals surface area contributed by atoms with Crippen molar-refractivity contribution < 1.29 is 0 Å². The quantitative estimate of drug-likeness (QED) is 0.705. The average molecular weight is 246 g/mol. The molecule has 2 unspecified atom stereocenters. The van der Waals surface area contributed by atoms with E-state index in [9.17, 15) is 0 Å². The van der Waals surface area contributed by atoms with E-state index in [1.807, 2.05) is 6.07 Å². The van der Waals surface area contributed by atoms with Crippen LogP contribution in [-0.2, 0) is 6.42 Å². The molecular formula is C12H17Cl2N. The minimum atomic E-state index is 0.167. The maximum Gasteiger partial charge on any atom is 0.0621 e. The number of halogens is 2. The van der Waals surface area contributed by atoms with Crippen LogP contribution in [0.15, 0.2) is 18.5 Å². The molecule has 3 heteroatoms. The fourth-order valence-corrected chi connectivity index (χ4v) is 2.16. The van der Waals surface area contributed by atoms with Gasteiger partial charge in [0, 0.05) is 17.8 Å². The van der Waals surface area contributed by atoms with Gasteiger partial charge in [-0.3, -0.25) is 4.98 Å². The Morgan fingerprint density at radius 3 is 2.80 bits per heavy atom. The van der Waals surface area contributed by atoms with Crippen molar-refractivity contribution in [3.8, 4) is 0 Å². The van der Waals surface area contributed by atoms with E-state index in [1.54, 1.807) is 12.4 Å². The van der Waals surface area contributed by atoms with E-state index >= 15 is 0 Å². The van der Waals surface area contributed by atoms with Crippen LogP contribution in [0.5, 0.6) is 0 Å². The number of aromatic nitrogens is 1. The van der Waals surface area contributed by atoms with Gasteiger partial charge in [0.2, 0.25) is 0 Å². The lowest BCUT2D eigenvalue weighted by Gasteiger charge is -2.14. The molecule has 0 aromatic carbocycles. The number of alkyl halides is 1. The smallest absolute Gasteiger partial charge is 0.0621 e. The minimum Gasteiger partial charge on any atom is -0.263 e. The van der Waals surface area contributed by atoms with Crippen LogP contribution in [0, 0.1) is 5.92 Å². The molecule has 0 saturated carbocycles. The summed E-state index contributed by atoms with van der Waals surface area (Å²) in [7, 11) is 0. The molecule has 15 heavy (non-hydrogen) atoms. The summed E-state index contributed by atoms with van der Waals surface area (Å²) >= 11 is 12.3. The second-order valence-corrected chi connectivity index (χ2v) is 5.04. The topological polar surface area (TPSA) is 12.9 Å². The lowest BCUT2D eigenvalue weighted by molar-refractivity contribution is 0.500. The number of pyridine rings is 1. The molecule has 2 atom stereocenters.